The van der Waals surface area contributed by atoms with Gasteiger partial charge >= 0.3 is 0 Å². The fraction of sp³-hybridized carbons (Fsp3) is 0.300. The molecule has 1 nitrogen and oxygen atoms in total. The average Bonchev–Trinajstić information content (AvgIpc) is 2.01. The normalized spacial score (nSPS) is 10.5. The number of hydrogen-bond donors (Lipinski definition) is 0. The van der Waals surface area contributed by atoms with Crippen LogP contribution in [-0.4, -0.2) is 13.1 Å². The van der Waals surface area contributed by atoms with Crippen LogP contribution in [0.2, 0.25) is 19.6 Å². The van der Waals surface area contributed by atoms with Crippen molar-refractivity contribution in [1.29, 1.82) is 0 Å². The molecule has 0 unspecified atom stereocenters. The van der Waals surface area contributed by atoms with E-state index in [2.05, 4.69) is 36.1 Å². The third-order valence-corrected chi connectivity index (χ3v) is 2.21. The Hall–Kier alpha value is -1.14. The maximum absolute atomic E-state index is 13.0. The summed E-state index contributed by atoms with van der Waals surface area (Å²) in [6, 6.07) is 3.34. The van der Waals surface area contributed by atoms with Gasteiger partial charge in [-0.15, -0.1) is 5.54 Å². The Kier molecular flexibility index (Phi) is 2.84. The minimum Gasteiger partial charge on any atom is -0.227 e. The Morgan fingerprint density at radius 2 is 2.08 bits per heavy atom. The number of aromatic nitrogens is 1. The van der Waals surface area contributed by atoms with E-state index in [9.17, 15) is 4.39 Å². The highest BCUT2D eigenvalue weighted by Crippen LogP contribution is 2.02. The van der Waals surface area contributed by atoms with Crippen molar-refractivity contribution < 1.29 is 4.39 Å². The summed E-state index contributed by atoms with van der Waals surface area (Å²) < 4.78 is 13.0. The molecule has 1 aromatic rings. The number of nitrogens with zero attached hydrogens (tertiary/aromatic N) is 1. The van der Waals surface area contributed by atoms with Gasteiger partial charge in [0.05, 0.1) is 5.56 Å². The zero-order valence-electron chi connectivity index (χ0n) is 8.06. The van der Waals surface area contributed by atoms with Crippen LogP contribution in [0.25, 0.3) is 0 Å². The minimum atomic E-state index is -1.42. The van der Waals surface area contributed by atoms with Crippen LogP contribution in [0.15, 0.2) is 18.3 Å². The van der Waals surface area contributed by atoms with Crippen molar-refractivity contribution in [2.45, 2.75) is 19.6 Å². The second kappa shape index (κ2) is 3.71. The summed E-state index contributed by atoms with van der Waals surface area (Å²) in [5.41, 5.74) is 3.48. The molecule has 0 bridgehead atoms. The zero-order valence-corrected chi connectivity index (χ0v) is 9.06. The van der Waals surface area contributed by atoms with Gasteiger partial charge in [0, 0.05) is 6.20 Å². The topological polar surface area (TPSA) is 12.9 Å². The molecule has 0 spiro atoms. The van der Waals surface area contributed by atoms with E-state index in [1.165, 1.54) is 6.20 Å². The van der Waals surface area contributed by atoms with Crippen LogP contribution < -0.4 is 0 Å². The standard InChI is InChI=1S/C10H12FNSi/c1-13(2,3)8-6-9-5-4-7-12-10(9)11/h4-5,7H,1-3H3. The van der Waals surface area contributed by atoms with Gasteiger partial charge in [-0.3, -0.25) is 0 Å². The van der Waals surface area contributed by atoms with Crippen LogP contribution in [0.1, 0.15) is 5.56 Å². The number of rotatable bonds is 0. The fourth-order valence-corrected chi connectivity index (χ4v) is 1.24. The smallest absolute Gasteiger partial charge is 0.227 e. The summed E-state index contributed by atoms with van der Waals surface area (Å²) in [5.74, 6) is 2.35. The molecule has 1 aromatic heterocycles. The highest BCUT2D eigenvalue weighted by atomic mass is 28.3. The molecular weight excluding hydrogens is 181 g/mol. The molecule has 0 atom stereocenters. The van der Waals surface area contributed by atoms with Crippen molar-refractivity contribution in [2.24, 2.45) is 0 Å². The molecule has 68 valence electrons. The molecule has 0 amide bonds. The minimum absolute atomic E-state index is 0.393. The van der Waals surface area contributed by atoms with E-state index in [-0.39, 0.29) is 0 Å². The molecule has 0 radical (unpaired) electrons. The first-order chi connectivity index (χ1) is 5.99. The maximum atomic E-state index is 13.0. The quantitative estimate of drug-likeness (QED) is 0.350. The molecule has 0 saturated carbocycles. The summed E-state index contributed by atoms with van der Waals surface area (Å²) in [5, 5.41) is 0. The summed E-state index contributed by atoms with van der Waals surface area (Å²) in [7, 11) is -1.42. The van der Waals surface area contributed by atoms with E-state index in [1.54, 1.807) is 12.1 Å². The van der Waals surface area contributed by atoms with Gasteiger partial charge in [-0.1, -0.05) is 25.6 Å². The van der Waals surface area contributed by atoms with Crippen LogP contribution in [0.3, 0.4) is 0 Å². The van der Waals surface area contributed by atoms with Gasteiger partial charge in [-0.25, -0.2) is 4.98 Å². The van der Waals surface area contributed by atoms with Gasteiger partial charge in [0.1, 0.15) is 8.07 Å². The van der Waals surface area contributed by atoms with Gasteiger partial charge in [-0.05, 0) is 12.1 Å². The Labute approximate surface area is 79.0 Å². The third kappa shape index (κ3) is 3.39. The maximum Gasteiger partial charge on any atom is 0.228 e. The van der Waals surface area contributed by atoms with Crippen LogP contribution in [0.5, 0.6) is 0 Å². The summed E-state index contributed by atoms with van der Waals surface area (Å²) in [6.07, 6.45) is 1.43. The van der Waals surface area contributed by atoms with E-state index in [4.69, 9.17) is 0 Å². The van der Waals surface area contributed by atoms with Gasteiger partial charge in [-0.2, -0.15) is 4.39 Å². The molecule has 1 rings (SSSR count). The number of hydrogen-bond acceptors (Lipinski definition) is 1. The fourth-order valence-electron chi connectivity index (χ4n) is 0.734. The third-order valence-electron chi connectivity index (χ3n) is 1.33. The first-order valence-corrected chi connectivity index (χ1v) is 7.63. The van der Waals surface area contributed by atoms with E-state index >= 15 is 0 Å². The molecule has 1 heterocycles. The summed E-state index contributed by atoms with van der Waals surface area (Å²) in [6.45, 7) is 6.36. The second-order valence-corrected chi connectivity index (χ2v) is 8.59. The van der Waals surface area contributed by atoms with Crippen LogP contribution in [0.4, 0.5) is 4.39 Å². The lowest BCUT2D eigenvalue weighted by molar-refractivity contribution is 0.580. The first kappa shape index (κ1) is 9.94. The van der Waals surface area contributed by atoms with E-state index in [0.717, 1.165) is 0 Å². The highest BCUT2D eigenvalue weighted by molar-refractivity contribution is 6.83. The van der Waals surface area contributed by atoms with Gasteiger partial charge in [0.2, 0.25) is 5.95 Å². The Bertz CT molecular complexity index is 357. The molecule has 0 N–H and O–H groups in total. The molecule has 0 aliphatic carbocycles. The molecule has 0 aliphatic rings. The van der Waals surface area contributed by atoms with Crippen LogP contribution in [0, 0.1) is 17.4 Å². The first-order valence-electron chi connectivity index (χ1n) is 4.13. The Morgan fingerprint density at radius 1 is 1.38 bits per heavy atom. The largest absolute Gasteiger partial charge is 0.228 e. The Balaban J connectivity index is 2.97. The van der Waals surface area contributed by atoms with E-state index < -0.39 is 14.0 Å². The average molecular weight is 193 g/mol. The second-order valence-electron chi connectivity index (χ2n) is 3.84. The molecule has 0 saturated heterocycles. The monoisotopic (exact) mass is 193 g/mol. The summed E-state index contributed by atoms with van der Waals surface area (Å²) in [4.78, 5) is 3.53. The van der Waals surface area contributed by atoms with Crippen LogP contribution in [-0.2, 0) is 0 Å². The summed E-state index contributed by atoms with van der Waals surface area (Å²) >= 11 is 0. The molecule has 13 heavy (non-hydrogen) atoms. The predicted molar refractivity (Wildman–Crippen MR) is 54.4 cm³/mol. The molecular formula is C10H12FNSi. The van der Waals surface area contributed by atoms with Crippen molar-refractivity contribution >= 4 is 8.07 Å². The van der Waals surface area contributed by atoms with Crippen LogP contribution >= 0.6 is 0 Å². The zero-order chi connectivity index (χ0) is 9.90. The van der Waals surface area contributed by atoms with E-state index in [0.29, 0.717) is 5.56 Å². The lowest BCUT2D eigenvalue weighted by atomic mass is 10.3. The van der Waals surface area contributed by atoms with E-state index in [1.807, 2.05) is 0 Å². The van der Waals surface area contributed by atoms with Gasteiger partial charge < -0.3 is 0 Å². The number of pyridine rings is 1. The molecule has 0 fully saturated rings. The van der Waals surface area contributed by atoms with Crippen molar-refractivity contribution in [2.75, 3.05) is 0 Å². The predicted octanol–water partition coefficient (Wildman–Crippen LogP) is 2.45. The van der Waals surface area contributed by atoms with Crippen molar-refractivity contribution in [3.63, 3.8) is 0 Å². The van der Waals surface area contributed by atoms with Gasteiger partial charge in [0.15, 0.2) is 0 Å². The lowest BCUT2D eigenvalue weighted by Crippen LogP contribution is -2.16. The Morgan fingerprint density at radius 3 is 2.62 bits per heavy atom. The van der Waals surface area contributed by atoms with Crippen molar-refractivity contribution in [3.05, 3.63) is 29.8 Å². The number of halogens is 1. The molecule has 3 heteroatoms. The molecule has 0 aromatic carbocycles. The van der Waals surface area contributed by atoms with Crippen molar-refractivity contribution in [1.82, 2.24) is 4.98 Å². The van der Waals surface area contributed by atoms with Gasteiger partial charge in [0.25, 0.3) is 0 Å². The van der Waals surface area contributed by atoms with Crippen molar-refractivity contribution in [3.8, 4) is 11.5 Å². The molecule has 0 aliphatic heterocycles. The highest BCUT2D eigenvalue weighted by Gasteiger charge is 2.08. The lowest BCUT2D eigenvalue weighted by Gasteiger charge is -2.03. The SMILES string of the molecule is C[Si](C)(C)C#Cc1cccnc1F.